The molecule has 2 aromatic rings. The Bertz CT molecular complexity index is 967. The molecule has 0 saturated carbocycles. The van der Waals surface area contributed by atoms with Crippen LogP contribution in [0, 0.1) is 12.8 Å². The monoisotopic (exact) mass is 392 g/mol. The first kappa shape index (κ1) is 21.1. The summed E-state index contributed by atoms with van der Waals surface area (Å²) in [6, 6.07) is 6.65. The number of carbonyl (C=O) groups excluding carboxylic acids is 1. The van der Waals surface area contributed by atoms with Gasteiger partial charge in [-0.1, -0.05) is 30.4 Å². The van der Waals surface area contributed by atoms with E-state index in [1.807, 2.05) is 12.2 Å². The van der Waals surface area contributed by atoms with Gasteiger partial charge in [0.1, 0.15) is 5.78 Å². The Hall–Kier alpha value is -2.63. The molecule has 1 atom stereocenters. The lowest BCUT2D eigenvalue weighted by Gasteiger charge is -2.26. The van der Waals surface area contributed by atoms with E-state index in [2.05, 4.69) is 48.2 Å². The van der Waals surface area contributed by atoms with Gasteiger partial charge in [-0.3, -0.25) is 4.79 Å². The fourth-order valence-electron chi connectivity index (χ4n) is 4.35. The third-order valence-electron chi connectivity index (χ3n) is 5.78. The maximum Gasteiger partial charge on any atom is 0.147 e. The van der Waals surface area contributed by atoms with Gasteiger partial charge < -0.3 is 20.9 Å². The number of likely N-dealkylation sites (N-methyl/N-ethyl adjacent to an activating group) is 1. The number of ketones is 1. The molecule has 154 valence electrons. The molecule has 1 aliphatic rings. The second-order valence-corrected chi connectivity index (χ2v) is 7.95. The smallest absolute Gasteiger partial charge is 0.147 e. The van der Waals surface area contributed by atoms with Gasteiger partial charge in [-0.25, -0.2) is 0 Å². The second-order valence-electron chi connectivity index (χ2n) is 7.95. The summed E-state index contributed by atoms with van der Waals surface area (Å²) < 4.78 is 2.41. The Labute approximate surface area is 173 Å². The molecule has 0 bridgehead atoms. The summed E-state index contributed by atoms with van der Waals surface area (Å²) in [7, 11) is 2.17. The molecule has 0 amide bonds. The van der Waals surface area contributed by atoms with Crippen LogP contribution in [0.4, 0.5) is 0 Å². The summed E-state index contributed by atoms with van der Waals surface area (Å²) in [5, 5.41) is 1.32. The zero-order valence-electron chi connectivity index (χ0n) is 17.5. The van der Waals surface area contributed by atoms with Crippen LogP contribution in [-0.2, 0) is 24.3 Å². The third kappa shape index (κ3) is 4.52. The highest BCUT2D eigenvalue weighted by Crippen LogP contribution is 2.33. The molecule has 3 rings (SSSR count). The van der Waals surface area contributed by atoms with Crippen molar-refractivity contribution in [1.82, 2.24) is 9.47 Å². The fraction of sp³-hybridized carbons (Fsp3) is 0.375. The van der Waals surface area contributed by atoms with Gasteiger partial charge in [0.05, 0.1) is 6.54 Å². The molecular weight excluding hydrogens is 360 g/mol. The molecule has 4 N–H and O–H groups in total. The number of rotatable bonds is 8. The molecule has 5 heteroatoms. The normalized spacial score (nSPS) is 16.3. The lowest BCUT2D eigenvalue weighted by molar-refractivity contribution is -0.118. The Kier molecular flexibility index (Phi) is 6.72. The van der Waals surface area contributed by atoms with E-state index in [4.69, 9.17) is 11.5 Å². The van der Waals surface area contributed by atoms with Crippen molar-refractivity contribution in [2.24, 2.45) is 17.4 Å². The summed E-state index contributed by atoms with van der Waals surface area (Å²) in [5.74, 6) is 0.0424. The maximum atomic E-state index is 12.3. The fourth-order valence-corrected chi connectivity index (χ4v) is 4.35. The predicted octanol–water partition coefficient (Wildman–Crippen LogP) is 3.06. The van der Waals surface area contributed by atoms with Crippen LogP contribution in [0.1, 0.15) is 23.2 Å². The van der Waals surface area contributed by atoms with E-state index in [1.54, 1.807) is 6.08 Å². The van der Waals surface area contributed by atoms with Crippen molar-refractivity contribution in [2.75, 3.05) is 20.1 Å². The third-order valence-corrected chi connectivity index (χ3v) is 5.78. The van der Waals surface area contributed by atoms with Gasteiger partial charge >= 0.3 is 0 Å². The Balaban J connectivity index is 2.11. The molecule has 0 saturated heterocycles. The molecule has 0 radical (unpaired) electrons. The highest BCUT2D eigenvalue weighted by atomic mass is 16.1. The number of nitrogens with zero attached hydrogens (tertiary/aromatic N) is 2. The minimum absolute atomic E-state index is 0.00971. The van der Waals surface area contributed by atoms with Crippen LogP contribution in [0.3, 0.4) is 0 Å². The van der Waals surface area contributed by atoms with Gasteiger partial charge in [0.15, 0.2) is 0 Å². The number of aromatic nitrogens is 1. The lowest BCUT2D eigenvalue weighted by atomic mass is 9.92. The van der Waals surface area contributed by atoms with E-state index < -0.39 is 0 Å². The zero-order chi connectivity index (χ0) is 21.0. The topological polar surface area (TPSA) is 77.3 Å². The summed E-state index contributed by atoms with van der Waals surface area (Å²) in [5.41, 5.74) is 17.6. The number of nitrogens with two attached hydrogens (primary N) is 2. The number of Topliss-reactive ketones (excluding diaryl/α,β-unsaturated/α-hetero) is 1. The first-order valence-corrected chi connectivity index (χ1v) is 10.2. The minimum Gasteiger partial charge on any atom is -0.405 e. The van der Waals surface area contributed by atoms with Crippen molar-refractivity contribution in [1.29, 1.82) is 0 Å². The van der Waals surface area contributed by atoms with Crippen LogP contribution in [-0.4, -0.2) is 35.4 Å². The SMILES string of the molecule is C=C/C=C(\C=C/N)C(CC(=O)CN)Cn1c2c(c3cc(C)ccc31)CN(C)CC2. The number of fused-ring (bicyclic) bond motifs is 3. The van der Waals surface area contributed by atoms with Crippen LogP contribution < -0.4 is 11.5 Å². The summed E-state index contributed by atoms with van der Waals surface area (Å²) in [6.45, 7) is 8.72. The highest BCUT2D eigenvalue weighted by molar-refractivity contribution is 5.86. The quantitative estimate of drug-likeness (QED) is 0.677. The van der Waals surface area contributed by atoms with E-state index in [1.165, 1.54) is 33.9 Å². The number of hydrogen-bond acceptors (Lipinski definition) is 4. The molecule has 1 aromatic carbocycles. The molecule has 5 nitrogen and oxygen atoms in total. The lowest BCUT2D eigenvalue weighted by Crippen LogP contribution is -2.28. The average molecular weight is 393 g/mol. The molecule has 1 unspecified atom stereocenters. The number of allylic oxidation sites excluding steroid dienone is 4. The highest BCUT2D eigenvalue weighted by Gasteiger charge is 2.25. The Morgan fingerprint density at radius 1 is 1.38 bits per heavy atom. The first-order chi connectivity index (χ1) is 14.0. The van der Waals surface area contributed by atoms with Gasteiger partial charge in [-0.05, 0) is 49.5 Å². The average Bonchev–Trinajstić information content (AvgIpc) is 2.99. The van der Waals surface area contributed by atoms with Gasteiger partial charge in [-0.15, -0.1) is 0 Å². The standard InChI is InChI=1S/C24H32N4O/c1-4-5-18(8-10-25)19(13-20(29)14-26)15-28-23-7-6-17(2)12-21(23)22-16-27(3)11-9-24(22)28/h4-8,10,12,19H,1,9,11,13-16,25-26H2,2-3H3/b10-8-,18-5+. The van der Waals surface area contributed by atoms with Gasteiger partial charge in [0.2, 0.25) is 0 Å². The van der Waals surface area contributed by atoms with Crippen molar-refractivity contribution < 1.29 is 4.79 Å². The van der Waals surface area contributed by atoms with E-state index in [0.29, 0.717) is 13.0 Å². The molecule has 1 aliphatic heterocycles. The van der Waals surface area contributed by atoms with Gasteiger partial charge in [-0.2, -0.15) is 0 Å². The molecule has 29 heavy (non-hydrogen) atoms. The van der Waals surface area contributed by atoms with Crippen molar-refractivity contribution in [2.45, 2.75) is 32.9 Å². The van der Waals surface area contributed by atoms with Crippen molar-refractivity contribution >= 4 is 16.7 Å². The van der Waals surface area contributed by atoms with E-state index in [0.717, 1.165) is 25.1 Å². The summed E-state index contributed by atoms with van der Waals surface area (Å²) in [6.07, 6.45) is 8.47. The molecule has 1 aromatic heterocycles. The first-order valence-electron chi connectivity index (χ1n) is 10.2. The van der Waals surface area contributed by atoms with Gasteiger partial charge in [0, 0.05) is 55.0 Å². The van der Waals surface area contributed by atoms with E-state index in [-0.39, 0.29) is 18.2 Å². The van der Waals surface area contributed by atoms with Crippen LogP contribution in [0.5, 0.6) is 0 Å². The van der Waals surface area contributed by atoms with Crippen molar-refractivity contribution in [3.05, 3.63) is 71.6 Å². The summed E-state index contributed by atoms with van der Waals surface area (Å²) in [4.78, 5) is 14.6. The Morgan fingerprint density at radius 2 is 2.17 bits per heavy atom. The second kappa shape index (κ2) is 9.25. The van der Waals surface area contributed by atoms with E-state index >= 15 is 0 Å². The maximum absolute atomic E-state index is 12.3. The summed E-state index contributed by atoms with van der Waals surface area (Å²) >= 11 is 0. The molecular formula is C24H32N4O. The number of carbonyl (C=O) groups is 1. The molecule has 0 fully saturated rings. The number of aryl methyl sites for hydroxylation is 1. The van der Waals surface area contributed by atoms with Crippen LogP contribution in [0.25, 0.3) is 10.9 Å². The van der Waals surface area contributed by atoms with Crippen LogP contribution in [0.2, 0.25) is 0 Å². The molecule has 0 aliphatic carbocycles. The van der Waals surface area contributed by atoms with Crippen molar-refractivity contribution in [3.8, 4) is 0 Å². The molecule has 0 spiro atoms. The Morgan fingerprint density at radius 3 is 2.86 bits per heavy atom. The predicted molar refractivity (Wildman–Crippen MR) is 120 cm³/mol. The zero-order valence-corrected chi connectivity index (χ0v) is 17.5. The van der Waals surface area contributed by atoms with Gasteiger partial charge in [0.25, 0.3) is 0 Å². The largest absolute Gasteiger partial charge is 0.405 e. The number of benzene rings is 1. The molecule has 2 heterocycles. The van der Waals surface area contributed by atoms with Crippen LogP contribution >= 0.6 is 0 Å². The van der Waals surface area contributed by atoms with E-state index in [9.17, 15) is 4.79 Å². The minimum atomic E-state index is -0.00971. The van der Waals surface area contributed by atoms with Crippen LogP contribution in [0.15, 0.2) is 54.8 Å². The number of hydrogen-bond donors (Lipinski definition) is 2. The van der Waals surface area contributed by atoms with Crippen molar-refractivity contribution in [3.63, 3.8) is 0 Å².